The van der Waals surface area contributed by atoms with Crippen LogP contribution >= 0.6 is 0 Å². The standard InChI is InChI=1S/C16H25NO2S/c1-20(18,19)11-5-8-15-12-14(9-10-16(15)17)13-6-3-2-4-7-13/h2-4,6-7,14-16H,5,8-12,17H2,1H3. The molecule has 3 nitrogen and oxygen atoms in total. The Morgan fingerprint density at radius 1 is 1.20 bits per heavy atom. The lowest BCUT2D eigenvalue weighted by molar-refractivity contribution is 0.263. The van der Waals surface area contributed by atoms with Gasteiger partial charge in [-0.2, -0.15) is 0 Å². The molecule has 0 amide bonds. The van der Waals surface area contributed by atoms with E-state index in [2.05, 4.69) is 24.3 Å². The van der Waals surface area contributed by atoms with Gasteiger partial charge >= 0.3 is 0 Å². The highest BCUT2D eigenvalue weighted by molar-refractivity contribution is 7.90. The Labute approximate surface area is 122 Å². The summed E-state index contributed by atoms with van der Waals surface area (Å²) in [5.41, 5.74) is 7.62. The summed E-state index contributed by atoms with van der Waals surface area (Å²) in [7, 11) is -2.85. The van der Waals surface area contributed by atoms with Crippen LogP contribution in [0.15, 0.2) is 30.3 Å². The van der Waals surface area contributed by atoms with Crippen LogP contribution in [-0.2, 0) is 9.84 Å². The highest BCUT2D eigenvalue weighted by atomic mass is 32.2. The first-order chi connectivity index (χ1) is 9.46. The molecule has 3 unspecified atom stereocenters. The van der Waals surface area contributed by atoms with Gasteiger partial charge in [0.25, 0.3) is 0 Å². The van der Waals surface area contributed by atoms with Gasteiger partial charge in [-0.3, -0.25) is 0 Å². The van der Waals surface area contributed by atoms with E-state index < -0.39 is 9.84 Å². The fraction of sp³-hybridized carbons (Fsp3) is 0.625. The maximum atomic E-state index is 11.2. The maximum absolute atomic E-state index is 11.2. The second-order valence-electron chi connectivity index (χ2n) is 6.12. The van der Waals surface area contributed by atoms with Gasteiger partial charge in [0.15, 0.2) is 0 Å². The summed E-state index contributed by atoms with van der Waals surface area (Å²) in [4.78, 5) is 0. The Balaban J connectivity index is 1.91. The average Bonchev–Trinajstić information content (AvgIpc) is 2.40. The smallest absolute Gasteiger partial charge is 0.147 e. The van der Waals surface area contributed by atoms with E-state index in [0.29, 0.717) is 11.8 Å². The molecule has 0 radical (unpaired) electrons. The van der Waals surface area contributed by atoms with Gasteiger partial charge in [-0.1, -0.05) is 30.3 Å². The van der Waals surface area contributed by atoms with Gasteiger partial charge in [-0.15, -0.1) is 0 Å². The van der Waals surface area contributed by atoms with Gasteiger partial charge in [0.05, 0.1) is 0 Å². The second-order valence-corrected chi connectivity index (χ2v) is 8.38. The van der Waals surface area contributed by atoms with Gasteiger partial charge in [0.1, 0.15) is 9.84 Å². The fourth-order valence-corrected chi connectivity index (χ4v) is 3.95. The van der Waals surface area contributed by atoms with Crippen LogP contribution in [0.1, 0.15) is 43.6 Å². The van der Waals surface area contributed by atoms with Crippen molar-refractivity contribution in [2.45, 2.75) is 44.1 Å². The van der Waals surface area contributed by atoms with Crippen molar-refractivity contribution in [3.05, 3.63) is 35.9 Å². The Kier molecular flexibility index (Phi) is 5.22. The summed E-state index contributed by atoms with van der Waals surface area (Å²) in [6.07, 6.45) is 6.25. The first-order valence-electron chi connectivity index (χ1n) is 7.44. The van der Waals surface area contributed by atoms with Crippen molar-refractivity contribution in [3.63, 3.8) is 0 Å². The zero-order chi connectivity index (χ0) is 14.6. The topological polar surface area (TPSA) is 60.2 Å². The number of rotatable bonds is 5. The number of hydrogen-bond acceptors (Lipinski definition) is 3. The van der Waals surface area contributed by atoms with E-state index in [9.17, 15) is 8.42 Å². The van der Waals surface area contributed by atoms with E-state index in [1.165, 1.54) is 11.8 Å². The molecule has 1 aliphatic carbocycles. The van der Waals surface area contributed by atoms with Gasteiger partial charge in [-0.05, 0) is 49.5 Å². The molecule has 0 aromatic heterocycles. The molecule has 0 aliphatic heterocycles. The molecule has 1 aliphatic rings. The SMILES string of the molecule is CS(=O)(=O)CCCC1CC(c2ccccc2)CCC1N. The summed E-state index contributed by atoms with van der Waals surface area (Å²) in [5, 5.41) is 0. The number of nitrogens with two attached hydrogens (primary N) is 1. The van der Waals surface area contributed by atoms with Gasteiger partial charge in [0, 0.05) is 18.1 Å². The molecule has 1 aromatic rings. The van der Waals surface area contributed by atoms with Crippen molar-refractivity contribution < 1.29 is 8.42 Å². The molecule has 4 heteroatoms. The first-order valence-corrected chi connectivity index (χ1v) is 9.50. The van der Waals surface area contributed by atoms with Crippen LogP contribution in [0.3, 0.4) is 0 Å². The van der Waals surface area contributed by atoms with E-state index in [1.807, 2.05) is 6.07 Å². The van der Waals surface area contributed by atoms with Crippen molar-refractivity contribution in [1.82, 2.24) is 0 Å². The summed E-state index contributed by atoms with van der Waals surface area (Å²) < 4.78 is 22.4. The molecule has 0 heterocycles. The molecule has 0 saturated heterocycles. The molecule has 20 heavy (non-hydrogen) atoms. The van der Waals surface area contributed by atoms with Crippen molar-refractivity contribution >= 4 is 9.84 Å². The van der Waals surface area contributed by atoms with Crippen LogP contribution in [0.25, 0.3) is 0 Å². The molecule has 2 rings (SSSR count). The van der Waals surface area contributed by atoms with Crippen molar-refractivity contribution in [2.24, 2.45) is 11.7 Å². The molecule has 3 atom stereocenters. The van der Waals surface area contributed by atoms with Crippen LogP contribution in [0.2, 0.25) is 0 Å². The van der Waals surface area contributed by atoms with Crippen molar-refractivity contribution in [3.8, 4) is 0 Å². The largest absolute Gasteiger partial charge is 0.327 e. The normalized spacial score (nSPS) is 27.4. The van der Waals surface area contributed by atoms with E-state index in [1.54, 1.807) is 0 Å². The predicted octanol–water partition coefficient (Wildman–Crippen LogP) is 2.72. The van der Waals surface area contributed by atoms with Crippen molar-refractivity contribution in [1.29, 1.82) is 0 Å². The minimum Gasteiger partial charge on any atom is -0.327 e. The van der Waals surface area contributed by atoms with Crippen molar-refractivity contribution in [2.75, 3.05) is 12.0 Å². The lowest BCUT2D eigenvalue weighted by Crippen LogP contribution is -2.35. The zero-order valence-electron chi connectivity index (χ0n) is 12.2. The fourth-order valence-electron chi connectivity index (χ4n) is 3.26. The highest BCUT2D eigenvalue weighted by Gasteiger charge is 2.28. The summed E-state index contributed by atoms with van der Waals surface area (Å²) in [6, 6.07) is 10.8. The Bertz CT molecular complexity index is 513. The van der Waals surface area contributed by atoms with Gasteiger partial charge in [0.2, 0.25) is 0 Å². The minimum absolute atomic E-state index is 0.231. The first kappa shape index (κ1) is 15.5. The Morgan fingerprint density at radius 3 is 2.55 bits per heavy atom. The summed E-state index contributed by atoms with van der Waals surface area (Å²) in [6.45, 7) is 0. The van der Waals surface area contributed by atoms with Gasteiger partial charge in [-0.25, -0.2) is 8.42 Å². The Hall–Kier alpha value is -0.870. The van der Waals surface area contributed by atoms with E-state index in [4.69, 9.17) is 5.73 Å². The lowest BCUT2D eigenvalue weighted by atomic mass is 9.74. The molecular weight excluding hydrogens is 270 g/mol. The second kappa shape index (κ2) is 6.72. The summed E-state index contributed by atoms with van der Waals surface area (Å²) >= 11 is 0. The maximum Gasteiger partial charge on any atom is 0.147 e. The van der Waals surface area contributed by atoms with E-state index in [-0.39, 0.29) is 11.8 Å². The predicted molar refractivity (Wildman–Crippen MR) is 83.4 cm³/mol. The molecule has 2 N–H and O–H groups in total. The van der Waals surface area contributed by atoms with E-state index in [0.717, 1.165) is 32.1 Å². The number of hydrogen-bond donors (Lipinski definition) is 1. The Morgan fingerprint density at radius 2 is 1.90 bits per heavy atom. The molecule has 0 bridgehead atoms. The van der Waals surface area contributed by atoms with E-state index >= 15 is 0 Å². The minimum atomic E-state index is -2.85. The third-order valence-electron chi connectivity index (χ3n) is 4.40. The molecule has 1 saturated carbocycles. The lowest BCUT2D eigenvalue weighted by Gasteiger charge is -2.34. The van der Waals surface area contributed by atoms with Gasteiger partial charge < -0.3 is 5.73 Å². The molecular formula is C16H25NO2S. The summed E-state index contributed by atoms with van der Waals surface area (Å²) in [5.74, 6) is 1.32. The van der Waals surface area contributed by atoms with Crippen LogP contribution in [-0.4, -0.2) is 26.5 Å². The molecule has 1 fully saturated rings. The van der Waals surface area contributed by atoms with Crippen LogP contribution < -0.4 is 5.73 Å². The van der Waals surface area contributed by atoms with Crippen LogP contribution in [0, 0.1) is 5.92 Å². The molecule has 112 valence electrons. The number of benzene rings is 1. The average molecular weight is 295 g/mol. The third-order valence-corrected chi connectivity index (χ3v) is 5.43. The zero-order valence-corrected chi connectivity index (χ0v) is 13.0. The highest BCUT2D eigenvalue weighted by Crippen LogP contribution is 2.37. The molecule has 1 aromatic carbocycles. The monoisotopic (exact) mass is 295 g/mol. The molecule has 0 spiro atoms. The van der Waals surface area contributed by atoms with Crippen LogP contribution in [0.4, 0.5) is 0 Å². The number of sulfone groups is 1. The van der Waals surface area contributed by atoms with Crippen LogP contribution in [0.5, 0.6) is 0 Å². The quantitative estimate of drug-likeness (QED) is 0.908. The third kappa shape index (κ3) is 4.60.